The molecule has 2 unspecified atom stereocenters. The number of hydrogen-bond donors (Lipinski definition) is 0. The molecule has 0 spiro atoms. The fourth-order valence-electron chi connectivity index (χ4n) is 4.39. The Morgan fingerprint density at radius 1 is 0.524 bits per heavy atom. The van der Waals surface area contributed by atoms with Gasteiger partial charge in [-0.05, 0) is 35.6 Å². The molecule has 2 aromatic carbocycles. The summed E-state index contributed by atoms with van der Waals surface area (Å²) in [5, 5.41) is 0. The molecule has 0 aliphatic heterocycles. The van der Waals surface area contributed by atoms with Crippen molar-refractivity contribution < 1.29 is 21.1 Å². The quantitative estimate of drug-likeness (QED) is 0.133. The van der Waals surface area contributed by atoms with Crippen molar-refractivity contribution in [1.82, 2.24) is 0 Å². The van der Waals surface area contributed by atoms with Crippen molar-refractivity contribution >= 4 is 0 Å². The number of unbranched alkanes of at least 4 members (excludes halogenated alkanes) is 3. The van der Waals surface area contributed by atoms with E-state index in [1.807, 2.05) is 83.1 Å². The standard InChI is InChI=1S/C29H40.6C2H6.Pt/c1-5-8-9-10-19-27(29-23-14-12-18-25(29)7-3)21-15-20-26(16-6-2)28-22-13-11-17-24(28)4;6*1-2;/h5-6,10-15,17-18,22-23,26-27H,7-9,16,19-21H2,1-4H3;6*1-2H3;/q-4;;;;;;;+4. The Kier molecular flexibility index (Phi) is 60.1. The second kappa shape index (κ2) is 47.1. The predicted octanol–water partition coefficient (Wildman–Crippen LogP) is 14.8. The summed E-state index contributed by atoms with van der Waals surface area (Å²) in [7, 11) is 0. The zero-order valence-electron chi connectivity index (χ0n) is 31.3. The molecule has 250 valence electrons. The van der Waals surface area contributed by atoms with Crippen molar-refractivity contribution in [3.8, 4) is 0 Å². The normalized spacial score (nSPS) is 10.1. The zero-order valence-corrected chi connectivity index (χ0v) is 33.6. The Bertz CT molecular complexity index is 691. The van der Waals surface area contributed by atoms with Crippen LogP contribution in [0.1, 0.15) is 176 Å². The van der Waals surface area contributed by atoms with E-state index < -0.39 is 0 Å². The van der Waals surface area contributed by atoms with Gasteiger partial charge in [0.1, 0.15) is 0 Å². The maximum atomic E-state index is 2.57. The molecule has 0 aliphatic rings. The first kappa shape index (κ1) is 53.7. The SMILES string of the molecule is CC.CC.CC.CC.CC.CC.C[CH-]CC[CH-]CC(C[CH-]CC(C[CH-]C)c1ccccc1C)c1ccccc1CC.[Pt+4]. The third kappa shape index (κ3) is 26.7. The van der Waals surface area contributed by atoms with Crippen LogP contribution in [0.15, 0.2) is 48.5 Å². The molecule has 0 radical (unpaired) electrons. The van der Waals surface area contributed by atoms with E-state index in [0.29, 0.717) is 11.8 Å². The van der Waals surface area contributed by atoms with Gasteiger partial charge in [0.2, 0.25) is 0 Å². The van der Waals surface area contributed by atoms with Gasteiger partial charge in [-0.3, -0.25) is 0 Å². The van der Waals surface area contributed by atoms with Crippen molar-refractivity contribution in [2.75, 3.05) is 0 Å². The van der Waals surface area contributed by atoms with E-state index in [9.17, 15) is 0 Å². The van der Waals surface area contributed by atoms with E-state index in [1.165, 1.54) is 36.0 Å². The Balaban J connectivity index is -0.000000221. The van der Waals surface area contributed by atoms with Gasteiger partial charge >= 0.3 is 21.1 Å². The van der Waals surface area contributed by atoms with E-state index in [4.69, 9.17) is 0 Å². The summed E-state index contributed by atoms with van der Waals surface area (Å²) in [5.74, 6) is 1.20. The summed E-state index contributed by atoms with van der Waals surface area (Å²) in [6.45, 7) is 32.9. The van der Waals surface area contributed by atoms with Crippen molar-refractivity contribution in [3.05, 3.63) is 96.5 Å². The van der Waals surface area contributed by atoms with Gasteiger partial charge in [-0.15, -0.1) is 0 Å². The second-order valence-corrected chi connectivity index (χ2v) is 8.22. The van der Waals surface area contributed by atoms with Crippen LogP contribution < -0.4 is 0 Å². The average Bonchev–Trinajstić information content (AvgIpc) is 3.07. The molecule has 0 saturated carbocycles. The maximum Gasteiger partial charge on any atom is 4.00 e. The van der Waals surface area contributed by atoms with Crippen LogP contribution in [-0.4, -0.2) is 0 Å². The molecule has 0 saturated heterocycles. The van der Waals surface area contributed by atoms with Crippen LogP contribution in [0.5, 0.6) is 0 Å². The average molecular weight is 764 g/mol. The summed E-state index contributed by atoms with van der Waals surface area (Å²) >= 11 is 0. The fraction of sp³-hybridized carbons (Fsp3) is 0.610. The topological polar surface area (TPSA) is 0 Å². The first-order valence-electron chi connectivity index (χ1n) is 17.5. The van der Waals surface area contributed by atoms with E-state index in [1.54, 1.807) is 5.56 Å². The summed E-state index contributed by atoms with van der Waals surface area (Å²) in [6, 6.07) is 18.0. The van der Waals surface area contributed by atoms with Gasteiger partial charge in [0.05, 0.1) is 0 Å². The first-order chi connectivity index (χ1) is 20.2. The molecule has 0 fully saturated rings. The van der Waals surface area contributed by atoms with Crippen molar-refractivity contribution in [2.24, 2.45) is 0 Å². The molecule has 2 aromatic rings. The van der Waals surface area contributed by atoms with Crippen LogP contribution >= 0.6 is 0 Å². The van der Waals surface area contributed by atoms with Gasteiger partial charge in [-0.25, -0.2) is 12.8 Å². The van der Waals surface area contributed by atoms with Crippen LogP contribution in [0.25, 0.3) is 0 Å². The van der Waals surface area contributed by atoms with Crippen LogP contribution in [0.4, 0.5) is 0 Å². The minimum atomic E-state index is 0. The van der Waals surface area contributed by atoms with Crippen LogP contribution in [0.2, 0.25) is 0 Å². The molecule has 0 amide bonds. The van der Waals surface area contributed by atoms with Crippen LogP contribution in [0, 0.1) is 32.6 Å². The number of aryl methyl sites for hydroxylation is 2. The second-order valence-electron chi connectivity index (χ2n) is 8.22. The third-order valence-electron chi connectivity index (χ3n) is 6.04. The van der Waals surface area contributed by atoms with Crippen molar-refractivity contribution in [2.45, 2.75) is 168 Å². The summed E-state index contributed by atoms with van der Waals surface area (Å²) in [5.41, 5.74) is 6.00. The molecule has 0 bridgehead atoms. The molecular formula is C41H76Pt. The zero-order chi connectivity index (χ0) is 32.9. The molecule has 0 nitrogen and oxygen atoms in total. The third-order valence-corrected chi connectivity index (χ3v) is 6.04. The minimum Gasteiger partial charge on any atom is -0.334 e. The Hall–Kier alpha value is -0.872. The Morgan fingerprint density at radius 3 is 1.40 bits per heavy atom. The molecule has 2 atom stereocenters. The van der Waals surface area contributed by atoms with Gasteiger partial charge in [-0.1, -0.05) is 150 Å². The largest absolute Gasteiger partial charge is 4.00 e. The van der Waals surface area contributed by atoms with Gasteiger partial charge in [0.15, 0.2) is 0 Å². The molecule has 42 heavy (non-hydrogen) atoms. The monoisotopic (exact) mass is 764 g/mol. The van der Waals surface area contributed by atoms with Crippen LogP contribution in [-0.2, 0) is 27.5 Å². The van der Waals surface area contributed by atoms with Crippen molar-refractivity contribution in [3.63, 3.8) is 0 Å². The van der Waals surface area contributed by atoms with Gasteiger partial charge < -0.3 is 25.7 Å². The molecule has 0 aromatic heterocycles. The fourth-order valence-corrected chi connectivity index (χ4v) is 4.39. The Morgan fingerprint density at radius 2 is 0.952 bits per heavy atom. The summed E-state index contributed by atoms with van der Waals surface area (Å²) in [4.78, 5) is 0. The van der Waals surface area contributed by atoms with Gasteiger partial charge in [0, 0.05) is 0 Å². The summed E-state index contributed by atoms with van der Waals surface area (Å²) < 4.78 is 0. The van der Waals surface area contributed by atoms with E-state index in [0.717, 1.165) is 25.7 Å². The number of hydrogen-bond acceptors (Lipinski definition) is 0. The van der Waals surface area contributed by atoms with E-state index in [2.05, 4.69) is 102 Å². The number of rotatable bonds is 14. The maximum absolute atomic E-state index is 2.57. The molecule has 2 rings (SSSR count). The van der Waals surface area contributed by atoms with E-state index in [-0.39, 0.29) is 21.1 Å². The molecule has 0 N–H and O–H groups in total. The first-order valence-corrected chi connectivity index (χ1v) is 17.5. The van der Waals surface area contributed by atoms with Gasteiger partial charge in [0.25, 0.3) is 0 Å². The minimum absolute atomic E-state index is 0. The smallest absolute Gasteiger partial charge is 0.334 e. The predicted molar refractivity (Wildman–Crippen MR) is 197 cm³/mol. The number of benzene rings is 2. The molecule has 0 aliphatic carbocycles. The molecule has 1 heteroatoms. The van der Waals surface area contributed by atoms with Crippen molar-refractivity contribution in [1.29, 1.82) is 0 Å². The van der Waals surface area contributed by atoms with E-state index >= 15 is 0 Å². The molecule has 0 heterocycles. The van der Waals surface area contributed by atoms with Gasteiger partial charge in [-0.2, -0.15) is 39.5 Å². The summed E-state index contributed by atoms with van der Waals surface area (Å²) in [6.07, 6.45) is 17.8. The van der Waals surface area contributed by atoms with Crippen LogP contribution in [0.3, 0.4) is 0 Å². The Labute approximate surface area is 283 Å². The molecular weight excluding hydrogens is 688 g/mol.